The summed E-state index contributed by atoms with van der Waals surface area (Å²) < 4.78 is 28.8. The highest BCUT2D eigenvalue weighted by Gasteiger charge is 2.28. The number of likely N-dealkylation sites (tertiary alicyclic amines) is 1. The summed E-state index contributed by atoms with van der Waals surface area (Å²) in [5.41, 5.74) is 0.859. The highest BCUT2D eigenvalue weighted by molar-refractivity contribution is 6.09. The molecule has 2 aromatic carbocycles. The van der Waals surface area contributed by atoms with Crippen LogP contribution in [0.25, 0.3) is 11.1 Å². The molecule has 2 aliphatic rings. The predicted octanol–water partition coefficient (Wildman–Crippen LogP) is 4.40. The molecule has 2 N–H and O–H groups in total. The fourth-order valence-electron chi connectivity index (χ4n) is 5.43. The van der Waals surface area contributed by atoms with Gasteiger partial charge in [0.15, 0.2) is 0 Å². The van der Waals surface area contributed by atoms with E-state index in [4.69, 9.17) is 0 Å². The molecule has 2 aliphatic heterocycles. The molecule has 2 fully saturated rings. The Morgan fingerprint density at radius 3 is 2.43 bits per heavy atom. The average Bonchev–Trinajstić information content (AvgIpc) is 2.88. The topological polar surface area (TPSA) is 64.7 Å². The van der Waals surface area contributed by atoms with Gasteiger partial charge in [-0.1, -0.05) is 24.3 Å². The monoisotopic (exact) mass is 512 g/mol. The number of alkyl halides is 1. The van der Waals surface area contributed by atoms with E-state index in [1.807, 2.05) is 24.3 Å². The van der Waals surface area contributed by atoms with Crippen LogP contribution < -0.4 is 15.5 Å². The molecule has 37 heavy (non-hydrogen) atoms. The summed E-state index contributed by atoms with van der Waals surface area (Å²) in [6.45, 7) is 6.78. The van der Waals surface area contributed by atoms with Gasteiger partial charge < -0.3 is 15.1 Å². The Morgan fingerprint density at radius 1 is 1.11 bits per heavy atom. The van der Waals surface area contributed by atoms with E-state index in [1.54, 1.807) is 26.0 Å². The molecule has 2 heterocycles. The van der Waals surface area contributed by atoms with E-state index < -0.39 is 17.4 Å². The number of benzene rings is 2. The maximum Gasteiger partial charge on any atom is 0.261 e. The van der Waals surface area contributed by atoms with Crippen molar-refractivity contribution in [3.8, 4) is 11.1 Å². The van der Waals surface area contributed by atoms with Crippen LogP contribution in [0.15, 0.2) is 42.5 Å². The SMILES string of the molecule is CN(c1ccc(-c2cccc(F)c2C(=O)NC(=O)[C@@H]2CCCNC2)cc1)C1CCN(CC(C)(C)F)CC1. The number of piperidine rings is 2. The molecular weight excluding hydrogens is 474 g/mol. The van der Waals surface area contributed by atoms with Crippen molar-refractivity contribution in [1.82, 2.24) is 15.5 Å². The van der Waals surface area contributed by atoms with Gasteiger partial charge in [-0.15, -0.1) is 0 Å². The first-order chi connectivity index (χ1) is 17.6. The molecule has 1 atom stereocenters. The quantitative estimate of drug-likeness (QED) is 0.539. The standard InChI is InChI=1S/C29H38F2N4O2/c1-29(2,31)19-35-16-13-23(14-17-35)34(3)22-11-9-20(10-12-22)24-7-4-8-25(30)26(24)28(37)33-27(36)21-6-5-15-32-18-21/h4,7-12,21,23,32H,5-6,13-19H2,1-3H3,(H,33,36,37)/t21-/m1/s1. The number of carbonyl (C=O) groups is 2. The summed E-state index contributed by atoms with van der Waals surface area (Å²) in [4.78, 5) is 30.0. The van der Waals surface area contributed by atoms with Crippen molar-refractivity contribution in [2.45, 2.75) is 51.2 Å². The van der Waals surface area contributed by atoms with Crippen molar-refractivity contribution in [2.24, 2.45) is 5.92 Å². The van der Waals surface area contributed by atoms with Crippen LogP contribution >= 0.6 is 0 Å². The highest BCUT2D eigenvalue weighted by atomic mass is 19.1. The molecule has 2 saturated heterocycles. The lowest BCUT2D eigenvalue weighted by Crippen LogP contribution is -2.46. The number of anilines is 1. The normalized spacial score (nSPS) is 19.4. The van der Waals surface area contributed by atoms with Crippen LogP contribution in [-0.4, -0.2) is 68.2 Å². The van der Waals surface area contributed by atoms with Crippen LogP contribution in [0.2, 0.25) is 0 Å². The van der Waals surface area contributed by atoms with Gasteiger partial charge in [0.25, 0.3) is 5.91 Å². The molecule has 200 valence electrons. The average molecular weight is 513 g/mol. The molecule has 2 aromatic rings. The molecule has 0 aliphatic carbocycles. The Kier molecular flexibility index (Phi) is 8.60. The van der Waals surface area contributed by atoms with Crippen molar-refractivity contribution < 1.29 is 18.4 Å². The summed E-state index contributed by atoms with van der Waals surface area (Å²) >= 11 is 0. The summed E-state index contributed by atoms with van der Waals surface area (Å²) in [5.74, 6) is -2.04. The summed E-state index contributed by atoms with van der Waals surface area (Å²) in [5, 5.41) is 5.57. The van der Waals surface area contributed by atoms with Gasteiger partial charge in [-0.3, -0.25) is 14.9 Å². The third kappa shape index (κ3) is 6.93. The zero-order valence-corrected chi connectivity index (χ0v) is 22.0. The van der Waals surface area contributed by atoms with Gasteiger partial charge in [-0.25, -0.2) is 8.78 Å². The van der Waals surface area contributed by atoms with Crippen molar-refractivity contribution >= 4 is 17.5 Å². The molecule has 0 saturated carbocycles. The molecule has 2 amide bonds. The van der Waals surface area contributed by atoms with Crippen LogP contribution in [0.3, 0.4) is 0 Å². The number of rotatable bonds is 7. The molecule has 6 nitrogen and oxygen atoms in total. The lowest BCUT2D eigenvalue weighted by molar-refractivity contribution is -0.124. The Bertz CT molecular complexity index is 1090. The third-order valence-corrected chi connectivity index (χ3v) is 7.44. The van der Waals surface area contributed by atoms with Gasteiger partial charge in [0, 0.05) is 45.0 Å². The minimum atomic E-state index is -1.19. The largest absolute Gasteiger partial charge is 0.372 e. The maximum absolute atomic E-state index is 14.8. The van der Waals surface area contributed by atoms with E-state index in [0.29, 0.717) is 36.7 Å². The van der Waals surface area contributed by atoms with Crippen molar-refractivity contribution in [3.63, 3.8) is 0 Å². The second-order valence-corrected chi connectivity index (χ2v) is 10.9. The maximum atomic E-state index is 14.8. The zero-order chi connectivity index (χ0) is 26.6. The minimum Gasteiger partial charge on any atom is -0.372 e. The van der Waals surface area contributed by atoms with Crippen LogP contribution in [0, 0.1) is 11.7 Å². The van der Waals surface area contributed by atoms with Crippen LogP contribution in [-0.2, 0) is 4.79 Å². The van der Waals surface area contributed by atoms with Crippen molar-refractivity contribution in [1.29, 1.82) is 0 Å². The summed E-state index contributed by atoms with van der Waals surface area (Å²) in [6, 6.07) is 12.6. The number of nitrogens with zero attached hydrogens (tertiary/aromatic N) is 2. The third-order valence-electron chi connectivity index (χ3n) is 7.44. The van der Waals surface area contributed by atoms with Gasteiger partial charge >= 0.3 is 0 Å². The summed E-state index contributed by atoms with van der Waals surface area (Å²) in [6.07, 6.45) is 3.48. The van der Waals surface area contributed by atoms with E-state index in [-0.39, 0.29) is 17.4 Å². The second kappa shape index (κ2) is 11.7. The zero-order valence-electron chi connectivity index (χ0n) is 22.0. The number of nitrogens with one attached hydrogen (secondary N) is 2. The van der Waals surface area contributed by atoms with Crippen molar-refractivity contribution in [3.05, 3.63) is 53.8 Å². The fourth-order valence-corrected chi connectivity index (χ4v) is 5.43. The molecule has 8 heteroatoms. The number of hydrogen-bond donors (Lipinski definition) is 2. The Hall–Kier alpha value is -2.84. The van der Waals surface area contributed by atoms with E-state index in [0.717, 1.165) is 44.6 Å². The number of halogens is 2. The van der Waals surface area contributed by atoms with Crippen LogP contribution in [0.5, 0.6) is 0 Å². The molecule has 0 radical (unpaired) electrons. The van der Waals surface area contributed by atoms with E-state index >= 15 is 0 Å². The van der Waals surface area contributed by atoms with E-state index in [9.17, 15) is 18.4 Å². The van der Waals surface area contributed by atoms with Crippen LogP contribution in [0.4, 0.5) is 14.5 Å². The smallest absolute Gasteiger partial charge is 0.261 e. The molecule has 0 spiro atoms. The summed E-state index contributed by atoms with van der Waals surface area (Å²) in [7, 11) is 2.06. The van der Waals surface area contributed by atoms with Gasteiger partial charge in [-0.05, 0) is 75.4 Å². The van der Waals surface area contributed by atoms with E-state index in [1.165, 1.54) is 6.07 Å². The lowest BCUT2D eigenvalue weighted by Gasteiger charge is -2.39. The molecule has 0 aromatic heterocycles. The van der Waals surface area contributed by atoms with Gasteiger partial charge in [0.2, 0.25) is 5.91 Å². The Balaban J connectivity index is 1.44. The van der Waals surface area contributed by atoms with Gasteiger partial charge in [0.1, 0.15) is 11.5 Å². The first-order valence-electron chi connectivity index (χ1n) is 13.2. The number of carbonyl (C=O) groups excluding carboxylic acids is 2. The lowest BCUT2D eigenvalue weighted by atomic mass is 9.96. The number of hydrogen-bond acceptors (Lipinski definition) is 5. The van der Waals surface area contributed by atoms with Gasteiger partial charge in [-0.2, -0.15) is 0 Å². The fraction of sp³-hybridized carbons (Fsp3) is 0.517. The minimum absolute atomic E-state index is 0.121. The first-order valence-corrected chi connectivity index (χ1v) is 13.2. The van der Waals surface area contributed by atoms with E-state index in [2.05, 4.69) is 27.5 Å². The first kappa shape index (κ1) is 27.2. The molecule has 0 unspecified atom stereocenters. The van der Waals surface area contributed by atoms with Crippen LogP contribution in [0.1, 0.15) is 49.9 Å². The molecule has 0 bridgehead atoms. The van der Waals surface area contributed by atoms with Gasteiger partial charge in [0.05, 0.1) is 11.5 Å². The highest BCUT2D eigenvalue weighted by Crippen LogP contribution is 2.30. The number of amides is 2. The number of imide groups is 1. The van der Waals surface area contributed by atoms with Crippen molar-refractivity contribution in [2.75, 3.05) is 44.7 Å². The Morgan fingerprint density at radius 2 is 1.81 bits per heavy atom. The molecular formula is C29H38F2N4O2. The molecule has 4 rings (SSSR count). The Labute approximate surface area is 218 Å². The second-order valence-electron chi connectivity index (χ2n) is 10.9. The predicted molar refractivity (Wildman–Crippen MR) is 143 cm³/mol.